The lowest BCUT2D eigenvalue weighted by atomic mass is 9.88. The van der Waals surface area contributed by atoms with Gasteiger partial charge in [-0.05, 0) is 50.8 Å². The van der Waals surface area contributed by atoms with E-state index < -0.39 is 6.10 Å². The van der Waals surface area contributed by atoms with Gasteiger partial charge in [-0.3, -0.25) is 9.69 Å². The Morgan fingerprint density at radius 3 is 2.61 bits per heavy atom. The Balaban J connectivity index is 1.20. The number of para-hydroxylation sites is 1. The molecule has 2 aromatic carbocycles. The average Bonchev–Trinajstić information content (AvgIpc) is 3.18. The SMILES string of the molecule is C[C@H](Oc1ccccc1)C(=O)NC[C@@H]1CCC2(CCN(Cc3ccccc3F)CC2)O1. The summed E-state index contributed by atoms with van der Waals surface area (Å²) in [6.07, 6.45) is 3.32. The Labute approximate surface area is 183 Å². The van der Waals surface area contributed by atoms with Crippen LogP contribution >= 0.6 is 0 Å². The fraction of sp³-hybridized carbons (Fsp3) is 0.480. The topological polar surface area (TPSA) is 50.8 Å². The molecule has 2 fully saturated rings. The summed E-state index contributed by atoms with van der Waals surface area (Å²) in [5, 5.41) is 2.97. The number of nitrogens with zero attached hydrogens (tertiary/aromatic N) is 1. The number of amides is 1. The zero-order valence-corrected chi connectivity index (χ0v) is 18.1. The fourth-order valence-corrected chi connectivity index (χ4v) is 4.51. The normalized spacial score (nSPS) is 21.7. The van der Waals surface area contributed by atoms with Gasteiger partial charge in [0.25, 0.3) is 5.91 Å². The van der Waals surface area contributed by atoms with Crippen LogP contribution in [0.4, 0.5) is 4.39 Å². The van der Waals surface area contributed by atoms with Gasteiger partial charge in [-0.15, -0.1) is 0 Å². The Hall–Kier alpha value is -2.44. The van der Waals surface area contributed by atoms with E-state index in [4.69, 9.17) is 9.47 Å². The van der Waals surface area contributed by atoms with Crippen LogP contribution in [0.15, 0.2) is 54.6 Å². The molecule has 0 aromatic heterocycles. The molecular weight excluding hydrogens is 395 g/mol. The van der Waals surface area contributed by atoms with Crippen LogP contribution in [0.2, 0.25) is 0 Å². The molecule has 0 radical (unpaired) electrons. The van der Waals surface area contributed by atoms with E-state index in [-0.39, 0.29) is 23.4 Å². The van der Waals surface area contributed by atoms with E-state index in [2.05, 4.69) is 10.2 Å². The minimum atomic E-state index is -0.556. The van der Waals surface area contributed by atoms with Gasteiger partial charge in [-0.1, -0.05) is 36.4 Å². The zero-order chi connectivity index (χ0) is 21.7. The molecular formula is C25H31FN2O3. The summed E-state index contributed by atoms with van der Waals surface area (Å²) in [5.74, 6) is 0.414. The number of hydrogen-bond donors (Lipinski definition) is 1. The number of piperidine rings is 1. The number of rotatable bonds is 7. The standard InChI is InChI=1S/C25H31FN2O3/c1-19(30-21-8-3-2-4-9-21)24(29)27-17-22-11-12-25(31-22)13-15-28(16-14-25)18-20-7-5-6-10-23(20)26/h2-10,19,22H,11-18H2,1H3,(H,27,29)/t19-,22-/m0/s1. The first kappa shape index (κ1) is 21.8. The van der Waals surface area contributed by atoms with Crippen molar-refractivity contribution in [3.8, 4) is 5.75 Å². The summed E-state index contributed by atoms with van der Waals surface area (Å²) in [4.78, 5) is 14.7. The Bertz CT molecular complexity index is 868. The van der Waals surface area contributed by atoms with Crippen molar-refractivity contribution >= 4 is 5.91 Å². The number of hydrogen-bond acceptors (Lipinski definition) is 4. The largest absolute Gasteiger partial charge is 0.481 e. The number of ether oxygens (including phenoxy) is 2. The van der Waals surface area contributed by atoms with Crippen LogP contribution in [-0.4, -0.2) is 48.3 Å². The molecule has 2 saturated heterocycles. The average molecular weight is 427 g/mol. The van der Waals surface area contributed by atoms with Gasteiger partial charge >= 0.3 is 0 Å². The Morgan fingerprint density at radius 2 is 1.87 bits per heavy atom. The molecule has 1 N–H and O–H groups in total. The van der Waals surface area contributed by atoms with Crippen molar-refractivity contribution in [3.05, 3.63) is 66.0 Å². The predicted molar refractivity (Wildman–Crippen MR) is 117 cm³/mol. The lowest BCUT2D eigenvalue weighted by Gasteiger charge is -2.39. The summed E-state index contributed by atoms with van der Waals surface area (Å²) < 4.78 is 26.0. The van der Waals surface area contributed by atoms with Crippen LogP contribution in [0.5, 0.6) is 5.75 Å². The first-order valence-electron chi connectivity index (χ1n) is 11.2. The molecule has 0 saturated carbocycles. The van der Waals surface area contributed by atoms with E-state index in [0.717, 1.165) is 44.3 Å². The zero-order valence-electron chi connectivity index (χ0n) is 18.1. The van der Waals surface area contributed by atoms with Gasteiger partial charge in [-0.25, -0.2) is 4.39 Å². The molecule has 0 aliphatic carbocycles. The highest BCUT2D eigenvalue weighted by molar-refractivity contribution is 5.80. The van der Waals surface area contributed by atoms with Crippen LogP contribution in [0.1, 0.15) is 38.2 Å². The van der Waals surface area contributed by atoms with E-state index in [9.17, 15) is 9.18 Å². The molecule has 1 amide bonds. The fourth-order valence-electron chi connectivity index (χ4n) is 4.51. The maximum Gasteiger partial charge on any atom is 0.260 e. The van der Waals surface area contributed by atoms with Gasteiger partial charge in [0.1, 0.15) is 11.6 Å². The molecule has 4 rings (SSSR count). The number of likely N-dealkylation sites (tertiary alicyclic amines) is 1. The van der Waals surface area contributed by atoms with Crippen molar-refractivity contribution in [2.75, 3.05) is 19.6 Å². The monoisotopic (exact) mass is 426 g/mol. The number of benzene rings is 2. The number of carbonyl (C=O) groups excluding carboxylic acids is 1. The molecule has 2 aliphatic rings. The first-order valence-corrected chi connectivity index (χ1v) is 11.2. The molecule has 166 valence electrons. The molecule has 0 unspecified atom stereocenters. The minimum Gasteiger partial charge on any atom is -0.481 e. The Kier molecular flexibility index (Phi) is 6.88. The van der Waals surface area contributed by atoms with Crippen LogP contribution < -0.4 is 10.1 Å². The van der Waals surface area contributed by atoms with E-state index >= 15 is 0 Å². The van der Waals surface area contributed by atoms with Crippen molar-refractivity contribution in [3.63, 3.8) is 0 Å². The van der Waals surface area contributed by atoms with Crippen LogP contribution in [0.3, 0.4) is 0 Å². The minimum absolute atomic E-state index is 0.0333. The smallest absolute Gasteiger partial charge is 0.260 e. The van der Waals surface area contributed by atoms with Crippen molar-refractivity contribution in [1.82, 2.24) is 10.2 Å². The molecule has 31 heavy (non-hydrogen) atoms. The van der Waals surface area contributed by atoms with Crippen molar-refractivity contribution in [1.29, 1.82) is 0 Å². The van der Waals surface area contributed by atoms with Crippen molar-refractivity contribution in [2.45, 2.75) is 57.0 Å². The summed E-state index contributed by atoms with van der Waals surface area (Å²) >= 11 is 0. The lowest BCUT2D eigenvalue weighted by molar-refractivity contribution is -0.128. The van der Waals surface area contributed by atoms with Gasteiger partial charge < -0.3 is 14.8 Å². The van der Waals surface area contributed by atoms with Gasteiger partial charge in [0.05, 0.1) is 11.7 Å². The molecule has 1 spiro atoms. The van der Waals surface area contributed by atoms with Crippen LogP contribution in [-0.2, 0) is 16.1 Å². The van der Waals surface area contributed by atoms with E-state index in [1.807, 2.05) is 42.5 Å². The summed E-state index contributed by atoms with van der Waals surface area (Å²) in [6, 6.07) is 16.3. The maximum atomic E-state index is 13.9. The van der Waals surface area contributed by atoms with E-state index in [0.29, 0.717) is 18.8 Å². The molecule has 2 aromatic rings. The van der Waals surface area contributed by atoms with E-state index in [1.54, 1.807) is 13.0 Å². The molecule has 5 nitrogen and oxygen atoms in total. The van der Waals surface area contributed by atoms with Crippen molar-refractivity contribution < 1.29 is 18.7 Å². The Morgan fingerprint density at radius 1 is 1.16 bits per heavy atom. The molecule has 2 heterocycles. The second-order valence-electron chi connectivity index (χ2n) is 8.65. The lowest BCUT2D eigenvalue weighted by Crippen LogP contribution is -2.45. The highest BCUT2D eigenvalue weighted by Crippen LogP contribution is 2.39. The van der Waals surface area contributed by atoms with Gasteiger partial charge in [0.2, 0.25) is 0 Å². The third-order valence-corrected chi connectivity index (χ3v) is 6.39. The maximum absolute atomic E-state index is 13.9. The van der Waals surface area contributed by atoms with Crippen LogP contribution in [0.25, 0.3) is 0 Å². The first-order chi connectivity index (χ1) is 15.0. The summed E-state index contributed by atoms with van der Waals surface area (Å²) in [5.41, 5.74) is 0.644. The highest BCUT2D eigenvalue weighted by Gasteiger charge is 2.42. The summed E-state index contributed by atoms with van der Waals surface area (Å²) in [6.45, 7) is 4.69. The van der Waals surface area contributed by atoms with Gasteiger partial charge in [-0.2, -0.15) is 0 Å². The van der Waals surface area contributed by atoms with Crippen molar-refractivity contribution in [2.24, 2.45) is 0 Å². The third kappa shape index (κ3) is 5.63. The summed E-state index contributed by atoms with van der Waals surface area (Å²) in [7, 11) is 0. The second kappa shape index (κ2) is 9.79. The van der Waals surface area contributed by atoms with Gasteiger partial charge in [0, 0.05) is 31.7 Å². The number of halogens is 1. The number of carbonyl (C=O) groups is 1. The molecule has 0 bridgehead atoms. The molecule has 2 atom stereocenters. The third-order valence-electron chi connectivity index (χ3n) is 6.39. The number of nitrogens with one attached hydrogen (secondary N) is 1. The second-order valence-corrected chi connectivity index (χ2v) is 8.65. The predicted octanol–water partition coefficient (Wildman–Crippen LogP) is 3.92. The quantitative estimate of drug-likeness (QED) is 0.729. The highest BCUT2D eigenvalue weighted by atomic mass is 19.1. The molecule has 2 aliphatic heterocycles. The molecule has 6 heteroatoms. The van der Waals surface area contributed by atoms with Gasteiger partial charge in [0.15, 0.2) is 6.10 Å². The van der Waals surface area contributed by atoms with Crippen LogP contribution in [0, 0.1) is 5.82 Å². The van der Waals surface area contributed by atoms with E-state index in [1.165, 1.54) is 6.07 Å².